The van der Waals surface area contributed by atoms with Crippen molar-refractivity contribution in [2.45, 2.75) is 20.8 Å². The second-order valence-electron chi connectivity index (χ2n) is 5.71. The molecule has 7 nitrogen and oxygen atoms in total. The Hall–Kier alpha value is -2.70. The Morgan fingerprint density at radius 3 is 2.64 bits per heavy atom. The van der Waals surface area contributed by atoms with E-state index in [1.54, 1.807) is 37.0 Å². The first-order valence-electron chi connectivity index (χ1n) is 6.78. The molecule has 1 heterocycles. The van der Waals surface area contributed by atoms with Crippen molar-refractivity contribution in [3.63, 3.8) is 0 Å². The number of aromatic nitrogens is 3. The minimum atomic E-state index is -1.01. The molecule has 2 aromatic rings. The maximum absolute atomic E-state index is 12.2. The summed E-state index contributed by atoms with van der Waals surface area (Å²) in [7, 11) is 0. The molecule has 1 amide bonds. The number of nitrogens with zero attached hydrogens (tertiary/aromatic N) is 3. The van der Waals surface area contributed by atoms with E-state index in [9.17, 15) is 9.59 Å². The summed E-state index contributed by atoms with van der Waals surface area (Å²) in [4.78, 5) is 27.1. The Balaban J connectivity index is 2.12. The molecule has 0 aliphatic heterocycles. The van der Waals surface area contributed by atoms with E-state index in [2.05, 4.69) is 15.4 Å². The molecule has 7 heteroatoms. The lowest BCUT2D eigenvalue weighted by Gasteiger charge is -2.19. The molecule has 0 bridgehead atoms. The quantitative estimate of drug-likeness (QED) is 0.870. The van der Waals surface area contributed by atoms with E-state index in [0.717, 1.165) is 11.3 Å². The summed E-state index contributed by atoms with van der Waals surface area (Å²) in [5, 5.41) is 15.7. The first kappa shape index (κ1) is 15.7. The highest BCUT2D eigenvalue weighted by molar-refractivity contribution is 5.96. The molecule has 0 unspecified atom stereocenters. The fraction of sp³-hybridized carbons (Fsp3) is 0.333. The average molecular weight is 302 g/mol. The van der Waals surface area contributed by atoms with Crippen molar-refractivity contribution in [2.75, 3.05) is 6.54 Å². The lowest BCUT2D eigenvalue weighted by molar-refractivity contribution is -0.146. The molecule has 2 rings (SSSR count). The largest absolute Gasteiger partial charge is 0.481 e. The summed E-state index contributed by atoms with van der Waals surface area (Å²) in [6, 6.07) is 5.28. The lowest BCUT2D eigenvalue weighted by atomic mass is 9.93. The van der Waals surface area contributed by atoms with Gasteiger partial charge in [-0.15, -0.1) is 0 Å². The maximum Gasteiger partial charge on any atom is 0.310 e. The van der Waals surface area contributed by atoms with E-state index in [1.807, 2.05) is 13.0 Å². The minimum absolute atomic E-state index is 0.0609. The molecule has 0 aliphatic rings. The SMILES string of the molecule is Cc1cc(-n2cncn2)ccc1C(=O)NCC(C)(C)C(=O)O. The van der Waals surface area contributed by atoms with Crippen LogP contribution in [0.2, 0.25) is 0 Å². The van der Waals surface area contributed by atoms with Gasteiger partial charge >= 0.3 is 5.97 Å². The summed E-state index contributed by atoms with van der Waals surface area (Å²) in [5.41, 5.74) is 1.07. The normalized spacial score (nSPS) is 11.2. The van der Waals surface area contributed by atoms with Gasteiger partial charge in [-0.05, 0) is 44.5 Å². The molecule has 2 N–H and O–H groups in total. The third-order valence-electron chi connectivity index (χ3n) is 3.41. The number of carbonyl (C=O) groups is 2. The van der Waals surface area contributed by atoms with Crippen LogP contribution >= 0.6 is 0 Å². The zero-order chi connectivity index (χ0) is 16.3. The molecule has 0 aliphatic carbocycles. The average Bonchev–Trinajstić information content (AvgIpc) is 2.98. The number of hydrogen-bond donors (Lipinski definition) is 2. The van der Waals surface area contributed by atoms with Crippen LogP contribution in [0.5, 0.6) is 0 Å². The number of aryl methyl sites for hydroxylation is 1. The summed E-state index contributed by atoms with van der Waals surface area (Å²) < 4.78 is 1.60. The molecule has 1 aromatic heterocycles. The van der Waals surface area contributed by atoms with Gasteiger partial charge in [-0.25, -0.2) is 9.67 Å². The van der Waals surface area contributed by atoms with Gasteiger partial charge in [0.05, 0.1) is 11.1 Å². The number of carbonyl (C=O) groups excluding carboxylic acids is 1. The Kier molecular flexibility index (Phi) is 4.25. The molecule has 0 fully saturated rings. The van der Waals surface area contributed by atoms with Crippen LogP contribution < -0.4 is 5.32 Å². The van der Waals surface area contributed by atoms with Crippen LogP contribution in [0, 0.1) is 12.3 Å². The predicted octanol–water partition coefficient (Wildman–Crippen LogP) is 1.42. The van der Waals surface area contributed by atoms with Gasteiger partial charge in [-0.1, -0.05) is 0 Å². The summed E-state index contributed by atoms with van der Waals surface area (Å²) in [5.74, 6) is -1.25. The number of rotatable bonds is 5. The highest BCUT2D eigenvalue weighted by atomic mass is 16.4. The lowest BCUT2D eigenvalue weighted by Crippen LogP contribution is -2.39. The van der Waals surface area contributed by atoms with Crippen molar-refractivity contribution in [3.8, 4) is 5.69 Å². The number of amides is 1. The first-order chi connectivity index (χ1) is 10.3. The van der Waals surface area contributed by atoms with Crippen LogP contribution in [0.1, 0.15) is 29.8 Å². The second-order valence-corrected chi connectivity index (χ2v) is 5.71. The van der Waals surface area contributed by atoms with Crippen LogP contribution in [-0.4, -0.2) is 38.3 Å². The Bertz CT molecular complexity index is 693. The van der Waals surface area contributed by atoms with E-state index in [4.69, 9.17) is 5.11 Å². The van der Waals surface area contributed by atoms with Gasteiger partial charge in [-0.3, -0.25) is 9.59 Å². The fourth-order valence-electron chi connectivity index (χ4n) is 1.86. The van der Waals surface area contributed by atoms with Gasteiger partial charge < -0.3 is 10.4 Å². The highest BCUT2D eigenvalue weighted by Crippen LogP contribution is 2.16. The maximum atomic E-state index is 12.2. The second kappa shape index (κ2) is 5.97. The van der Waals surface area contributed by atoms with Crippen molar-refractivity contribution in [1.82, 2.24) is 20.1 Å². The standard InChI is InChI=1S/C15H18N4O3/c1-10-6-11(19-9-16-8-18-19)4-5-12(10)13(20)17-7-15(2,3)14(21)22/h4-6,8-9H,7H2,1-3H3,(H,17,20)(H,21,22). The number of nitrogens with one attached hydrogen (secondary N) is 1. The Morgan fingerprint density at radius 1 is 1.36 bits per heavy atom. The van der Waals surface area contributed by atoms with E-state index in [1.165, 1.54) is 6.33 Å². The van der Waals surface area contributed by atoms with Crippen molar-refractivity contribution >= 4 is 11.9 Å². The summed E-state index contributed by atoms with van der Waals surface area (Å²) in [6.45, 7) is 5.01. The van der Waals surface area contributed by atoms with E-state index >= 15 is 0 Å². The number of aliphatic carboxylic acids is 1. The predicted molar refractivity (Wildman–Crippen MR) is 79.8 cm³/mol. The van der Waals surface area contributed by atoms with Crippen molar-refractivity contribution < 1.29 is 14.7 Å². The van der Waals surface area contributed by atoms with Gasteiger partial charge in [0.15, 0.2) is 0 Å². The number of benzene rings is 1. The van der Waals surface area contributed by atoms with Gasteiger partial charge in [-0.2, -0.15) is 5.10 Å². The van der Waals surface area contributed by atoms with Crippen molar-refractivity contribution in [3.05, 3.63) is 42.0 Å². The Labute approximate surface area is 128 Å². The number of carboxylic acids is 1. The van der Waals surface area contributed by atoms with E-state index in [-0.39, 0.29) is 12.5 Å². The fourth-order valence-corrected chi connectivity index (χ4v) is 1.86. The third kappa shape index (κ3) is 3.30. The van der Waals surface area contributed by atoms with E-state index < -0.39 is 11.4 Å². The minimum Gasteiger partial charge on any atom is -0.481 e. The highest BCUT2D eigenvalue weighted by Gasteiger charge is 2.27. The molecule has 0 saturated heterocycles. The third-order valence-corrected chi connectivity index (χ3v) is 3.41. The van der Waals surface area contributed by atoms with Crippen LogP contribution in [0.4, 0.5) is 0 Å². The number of carboxylic acid groups (broad SMARTS) is 1. The molecular formula is C15H18N4O3. The molecule has 0 saturated carbocycles. The molecule has 1 aromatic carbocycles. The topological polar surface area (TPSA) is 97.1 Å². The van der Waals surface area contributed by atoms with Crippen LogP contribution in [-0.2, 0) is 4.79 Å². The van der Waals surface area contributed by atoms with Crippen molar-refractivity contribution in [2.24, 2.45) is 5.41 Å². The monoisotopic (exact) mass is 302 g/mol. The molecular weight excluding hydrogens is 284 g/mol. The van der Waals surface area contributed by atoms with E-state index in [0.29, 0.717) is 5.56 Å². The zero-order valence-corrected chi connectivity index (χ0v) is 12.7. The van der Waals surface area contributed by atoms with Gasteiger partial charge in [0.2, 0.25) is 0 Å². The summed E-state index contributed by atoms with van der Waals surface area (Å²) >= 11 is 0. The van der Waals surface area contributed by atoms with Crippen LogP contribution in [0.25, 0.3) is 5.69 Å². The molecule has 22 heavy (non-hydrogen) atoms. The Morgan fingerprint density at radius 2 is 2.09 bits per heavy atom. The van der Waals surface area contributed by atoms with Crippen LogP contribution in [0.3, 0.4) is 0 Å². The molecule has 0 atom stereocenters. The zero-order valence-electron chi connectivity index (χ0n) is 12.7. The van der Waals surface area contributed by atoms with Gasteiger partial charge in [0, 0.05) is 12.1 Å². The smallest absolute Gasteiger partial charge is 0.310 e. The van der Waals surface area contributed by atoms with Gasteiger partial charge in [0.25, 0.3) is 5.91 Å². The molecule has 0 spiro atoms. The van der Waals surface area contributed by atoms with Crippen molar-refractivity contribution in [1.29, 1.82) is 0 Å². The van der Waals surface area contributed by atoms with Crippen LogP contribution in [0.15, 0.2) is 30.9 Å². The first-order valence-corrected chi connectivity index (χ1v) is 6.78. The molecule has 116 valence electrons. The summed E-state index contributed by atoms with van der Waals surface area (Å²) in [6.07, 6.45) is 3.01. The number of hydrogen-bond acceptors (Lipinski definition) is 4. The van der Waals surface area contributed by atoms with Gasteiger partial charge in [0.1, 0.15) is 12.7 Å². The molecule has 0 radical (unpaired) electrons.